The van der Waals surface area contributed by atoms with Crippen molar-refractivity contribution in [2.24, 2.45) is 5.11 Å². The van der Waals surface area contributed by atoms with Crippen LogP contribution < -0.4 is 5.32 Å². The molecule has 32 heavy (non-hydrogen) atoms. The van der Waals surface area contributed by atoms with Crippen molar-refractivity contribution in [3.05, 3.63) is 45.4 Å². The molecule has 0 radical (unpaired) electrons. The van der Waals surface area contributed by atoms with Gasteiger partial charge in [-0.1, -0.05) is 16.7 Å². The van der Waals surface area contributed by atoms with Crippen LogP contribution in [0.25, 0.3) is 21.3 Å². The number of halogens is 4. The smallest absolute Gasteiger partial charge is 0.433 e. The molecule has 1 aromatic heterocycles. The number of nitrogens with one attached hydrogen (secondary N) is 1. The highest BCUT2D eigenvalue weighted by atomic mass is 35.5. The van der Waals surface area contributed by atoms with Gasteiger partial charge in [0.25, 0.3) is 0 Å². The number of nitrogens with zero attached hydrogens (tertiary/aromatic N) is 5. The zero-order valence-corrected chi connectivity index (χ0v) is 18.4. The summed E-state index contributed by atoms with van der Waals surface area (Å²) in [6.45, 7) is 5.47. The molecular formula is C20H22ClF3N6O2. The van der Waals surface area contributed by atoms with E-state index in [1.807, 2.05) is 0 Å². The number of benzene rings is 1. The molecule has 172 valence electrons. The van der Waals surface area contributed by atoms with Gasteiger partial charge in [0, 0.05) is 40.1 Å². The van der Waals surface area contributed by atoms with Crippen LogP contribution >= 0.6 is 11.6 Å². The van der Waals surface area contributed by atoms with Crippen molar-refractivity contribution in [1.82, 2.24) is 9.88 Å². The van der Waals surface area contributed by atoms with Crippen LogP contribution in [0.2, 0.25) is 5.02 Å². The zero-order chi connectivity index (χ0) is 23.7. The summed E-state index contributed by atoms with van der Waals surface area (Å²) in [5.74, 6) is 0. The lowest BCUT2D eigenvalue weighted by atomic mass is 10.0. The van der Waals surface area contributed by atoms with Gasteiger partial charge in [-0.05, 0) is 57.0 Å². The maximum Gasteiger partial charge on any atom is 0.433 e. The average Bonchev–Trinajstić information content (AvgIpc) is 2.66. The van der Waals surface area contributed by atoms with Crippen molar-refractivity contribution >= 4 is 34.3 Å². The molecule has 1 aliphatic rings. The van der Waals surface area contributed by atoms with Crippen LogP contribution in [-0.4, -0.2) is 46.8 Å². The van der Waals surface area contributed by atoms with Crippen LogP contribution in [0.1, 0.15) is 32.9 Å². The van der Waals surface area contributed by atoms with Gasteiger partial charge < -0.3 is 15.0 Å². The Bertz CT molecular complexity index is 1070. The number of pyridine rings is 1. The number of carbonyl (C=O) groups is 1. The molecule has 3 rings (SSSR count). The molecule has 1 aromatic carbocycles. The van der Waals surface area contributed by atoms with Gasteiger partial charge in [-0.2, -0.15) is 13.2 Å². The first kappa shape index (κ1) is 23.7. The van der Waals surface area contributed by atoms with Crippen molar-refractivity contribution in [3.63, 3.8) is 0 Å². The van der Waals surface area contributed by atoms with Gasteiger partial charge in [-0.3, -0.25) is 0 Å². The van der Waals surface area contributed by atoms with Crippen LogP contribution in [0.5, 0.6) is 0 Å². The number of anilines is 1. The number of hydrogen-bond donors (Lipinski definition) is 1. The summed E-state index contributed by atoms with van der Waals surface area (Å²) in [5.41, 5.74) is 7.36. The number of piperidine rings is 1. The van der Waals surface area contributed by atoms with Crippen LogP contribution in [0.15, 0.2) is 29.4 Å². The Balaban J connectivity index is 1.95. The molecule has 0 aliphatic carbocycles. The zero-order valence-electron chi connectivity index (χ0n) is 17.6. The summed E-state index contributed by atoms with van der Waals surface area (Å²) in [6, 6.07) is 4.23. The van der Waals surface area contributed by atoms with E-state index in [4.69, 9.17) is 21.9 Å². The molecule has 0 saturated carbocycles. The molecule has 1 saturated heterocycles. The predicted molar refractivity (Wildman–Crippen MR) is 115 cm³/mol. The van der Waals surface area contributed by atoms with E-state index in [0.717, 1.165) is 6.07 Å². The number of amides is 1. The molecule has 2 aromatic rings. The third-order valence-corrected chi connectivity index (χ3v) is 4.95. The van der Waals surface area contributed by atoms with E-state index in [1.54, 1.807) is 20.8 Å². The summed E-state index contributed by atoms with van der Waals surface area (Å²) in [4.78, 5) is 20.5. The molecule has 2 heterocycles. The summed E-state index contributed by atoms with van der Waals surface area (Å²) in [7, 11) is 0. The lowest BCUT2D eigenvalue weighted by Gasteiger charge is -2.37. The first-order valence-electron chi connectivity index (χ1n) is 9.82. The molecule has 2 atom stereocenters. The Morgan fingerprint density at radius 1 is 1.31 bits per heavy atom. The molecule has 1 fully saturated rings. The van der Waals surface area contributed by atoms with Crippen LogP contribution in [-0.2, 0) is 10.9 Å². The van der Waals surface area contributed by atoms with Crippen molar-refractivity contribution in [2.45, 2.75) is 51.1 Å². The highest BCUT2D eigenvalue weighted by Crippen LogP contribution is 2.35. The van der Waals surface area contributed by atoms with E-state index in [2.05, 4.69) is 20.3 Å². The molecule has 1 amide bonds. The second-order valence-corrected chi connectivity index (χ2v) is 8.97. The Labute approximate surface area is 187 Å². The highest BCUT2D eigenvalue weighted by molar-refractivity contribution is 6.31. The van der Waals surface area contributed by atoms with Crippen LogP contribution in [0.3, 0.4) is 0 Å². The average molecular weight is 471 g/mol. The fraction of sp³-hybridized carbons (Fsp3) is 0.500. The fourth-order valence-corrected chi connectivity index (χ4v) is 3.66. The van der Waals surface area contributed by atoms with E-state index in [-0.39, 0.29) is 24.3 Å². The fourth-order valence-electron chi connectivity index (χ4n) is 3.49. The lowest BCUT2D eigenvalue weighted by molar-refractivity contribution is -0.140. The summed E-state index contributed by atoms with van der Waals surface area (Å²) in [5, 5.41) is 7.53. The number of alkyl halides is 3. The Kier molecular flexibility index (Phi) is 6.61. The molecule has 0 spiro atoms. The molecule has 12 heteroatoms. The second kappa shape index (κ2) is 8.91. The lowest BCUT2D eigenvalue weighted by Crippen LogP contribution is -2.51. The first-order chi connectivity index (χ1) is 14.9. The van der Waals surface area contributed by atoms with Gasteiger partial charge >= 0.3 is 12.3 Å². The van der Waals surface area contributed by atoms with Gasteiger partial charge in [0.15, 0.2) is 0 Å². The quantitative estimate of drug-likeness (QED) is 0.337. The number of likely N-dealkylation sites (tertiary alicyclic amines) is 1. The van der Waals surface area contributed by atoms with Crippen molar-refractivity contribution in [2.75, 3.05) is 18.4 Å². The van der Waals surface area contributed by atoms with Gasteiger partial charge in [0.1, 0.15) is 11.3 Å². The number of hydrogen-bond acceptors (Lipinski definition) is 5. The molecule has 0 unspecified atom stereocenters. The Morgan fingerprint density at radius 2 is 2.03 bits per heavy atom. The Hall–Kier alpha value is -2.91. The maximum absolute atomic E-state index is 13.4. The number of fused-ring (bicyclic) bond motifs is 1. The van der Waals surface area contributed by atoms with Crippen molar-refractivity contribution in [1.29, 1.82) is 0 Å². The van der Waals surface area contributed by atoms with Crippen LogP contribution in [0, 0.1) is 0 Å². The number of ether oxygens (including phenoxy) is 1. The summed E-state index contributed by atoms with van der Waals surface area (Å²) >= 11 is 6.05. The Morgan fingerprint density at radius 3 is 2.66 bits per heavy atom. The molecule has 1 aliphatic heterocycles. The molecule has 8 nitrogen and oxygen atoms in total. The number of carbonyl (C=O) groups excluding carboxylic acids is 1. The third kappa shape index (κ3) is 5.86. The predicted octanol–water partition coefficient (Wildman–Crippen LogP) is 6.01. The minimum Gasteiger partial charge on any atom is -0.444 e. The van der Waals surface area contributed by atoms with Crippen molar-refractivity contribution in [3.8, 4) is 0 Å². The van der Waals surface area contributed by atoms with Gasteiger partial charge in [0.05, 0.1) is 11.6 Å². The van der Waals surface area contributed by atoms with Gasteiger partial charge in [-0.25, -0.2) is 9.78 Å². The summed E-state index contributed by atoms with van der Waals surface area (Å²) < 4.78 is 45.6. The molecular weight excluding hydrogens is 449 g/mol. The number of rotatable bonds is 3. The normalized spacial score (nSPS) is 19.4. The van der Waals surface area contributed by atoms with E-state index in [1.165, 1.54) is 23.1 Å². The minimum absolute atomic E-state index is 0.123. The van der Waals surface area contributed by atoms with E-state index >= 15 is 0 Å². The van der Waals surface area contributed by atoms with E-state index in [9.17, 15) is 18.0 Å². The highest BCUT2D eigenvalue weighted by Gasteiger charge is 2.35. The number of aromatic nitrogens is 1. The molecule has 0 bridgehead atoms. The van der Waals surface area contributed by atoms with E-state index in [0.29, 0.717) is 16.8 Å². The van der Waals surface area contributed by atoms with Gasteiger partial charge in [-0.15, -0.1) is 0 Å². The topological polar surface area (TPSA) is 103 Å². The summed E-state index contributed by atoms with van der Waals surface area (Å²) in [6.07, 6.45) is -4.93. The van der Waals surface area contributed by atoms with Crippen molar-refractivity contribution < 1.29 is 22.7 Å². The second-order valence-electron chi connectivity index (χ2n) is 8.54. The SMILES string of the molecule is CC(C)(C)OC(=O)N1C[C@@H](N=[N+]=[N-])C[C@@H](Nc2cc(C(F)(F)F)nc3ccc(Cl)cc23)C1. The molecule has 1 N–H and O–H groups in total. The minimum atomic E-state index is -4.65. The van der Waals surface area contributed by atoms with E-state index < -0.39 is 35.6 Å². The third-order valence-electron chi connectivity index (χ3n) is 4.72. The first-order valence-corrected chi connectivity index (χ1v) is 10.2. The standard InChI is InChI=1S/C20H22ClF3N6O2/c1-19(2,3)32-18(31)30-9-12(7-13(10-30)28-29-25)26-16-8-17(20(22,23)24)27-15-5-4-11(21)6-14(15)16/h4-6,8,12-13H,7,9-10H2,1-3H3,(H,26,27)/t12-,13+/m1/s1. The van der Waals surface area contributed by atoms with Gasteiger partial charge in [0.2, 0.25) is 0 Å². The van der Waals surface area contributed by atoms with Crippen LogP contribution in [0.4, 0.5) is 23.7 Å². The number of azide groups is 1. The monoisotopic (exact) mass is 470 g/mol. The largest absolute Gasteiger partial charge is 0.444 e. The maximum atomic E-state index is 13.4.